The fourth-order valence-corrected chi connectivity index (χ4v) is 2.08. The first kappa shape index (κ1) is 12.8. The Bertz CT molecular complexity index is 448. The molecule has 18 heavy (non-hydrogen) atoms. The number of hydrogen-bond acceptors (Lipinski definition) is 3. The van der Waals surface area contributed by atoms with Crippen molar-refractivity contribution in [2.24, 2.45) is 5.92 Å². The van der Waals surface area contributed by atoms with Crippen molar-refractivity contribution in [3.05, 3.63) is 42.0 Å². The van der Waals surface area contributed by atoms with Crippen LogP contribution in [-0.4, -0.2) is 22.8 Å². The van der Waals surface area contributed by atoms with Gasteiger partial charge in [0.2, 0.25) is 0 Å². The minimum absolute atomic E-state index is 0.0594. The van der Waals surface area contributed by atoms with Crippen molar-refractivity contribution in [3.63, 3.8) is 0 Å². The summed E-state index contributed by atoms with van der Waals surface area (Å²) in [6.45, 7) is 3.58. The molecule has 3 unspecified atom stereocenters. The molecule has 1 aromatic rings. The highest BCUT2D eigenvalue weighted by Crippen LogP contribution is 2.32. The molecule has 1 aliphatic heterocycles. The zero-order chi connectivity index (χ0) is 13.2. The largest absolute Gasteiger partial charge is 0.458 e. The number of esters is 1. The van der Waals surface area contributed by atoms with Crippen LogP contribution in [-0.2, 0) is 9.53 Å². The SMILES string of the molecule is CC1C(C=Cc2ccccc2)OC(=O)CC1(C)O. The molecular weight excluding hydrogens is 228 g/mol. The average molecular weight is 246 g/mol. The lowest BCUT2D eigenvalue weighted by molar-refractivity contribution is -0.174. The van der Waals surface area contributed by atoms with Crippen molar-refractivity contribution in [3.8, 4) is 0 Å². The van der Waals surface area contributed by atoms with Gasteiger partial charge in [0.05, 0.1) is 12.0 Å². The minimum Gasteiger partial charge on any atom is -0.458 e. The molecule has 0 spiro atoms. The average Bonchev–Trinajstić information content (AvgIpc) is 2.33. The lowest BCUT2D eigenvalue weighted by Gasteiger charge is -2.38. The van der Waals surface area contributed by atoms with E-state index >= 15 is 0 Å². The quantitative estimate of drug-likeness (QED) is 0.815. The Morgan fingerprint density at radius 2 is 2.06 bits per heavy atom. The Hall–Kier alpha value is -1.61. The number of ether oxygens (including phenoxy) is 1. The van der Waals surface area contributed by atoms with Crippen molar-refractivity contribution in [1.82, 2.24) is 0 Å². The zero-order valence-corrected chi connectivity index (χ0v) is 10.7. The van der Waals surface area contributed by atoms with E-state index in [4.69, 9.17) is 4.74 Å². The number of aliphatic hydroxyl groups is 1. The van der Waals surface area contributed by atoms with E-state index in [1.54, 1.807) is 6.92 Å². The van der Waals surface area contributed by atoms with Crippen LogP contribution < -0.4 is 0 Å². The van der Waals surface area contributed by atoms with E-state index < -0.39 is 5.60 Å². The second-order valence-electron chi connectivity index (χ2n) is 5.05. The first-order valence-electron chi connectivity index (χ1n) is 6.14. The zero-order valence-electron chi connectivity index (χ0n) is 10.7. The molecule has 0 saturated carbocycles. The van der Waals surface area contributed by atoms with Crippen LogP contribution >= 0.6 is 0 Å². The van der Waals surface area contributed by atoms with Crippen LogP contribution in [0.25, 0.3) is 6.08 Å². The summed E-state index contributed by atoms with van der Waals surface area (Å²) < 4.78 is 5.27. The maximum absolute atomic E-state index is 11.4. The van der Waals surface area contributed by atoms with Crippen LogP contribution in [0.3, 0.4) is 0 Å². The van der Waals surface area contributed by atoms with Gasteiger partial charge in [-0.3, -0.25) is 4.79 Å². The lowest BCUT2D eigenvalue weighted by Crippen LogP contribution is -2.48. The summed E-state index contributed by atoms with van der Waals surface area (Å²) in [5, 5.41) is 10.1. The predicted octanol–water partition coefficient (Wildman–Crippen LogP) is 2.40. The Balaban J connectivity index is 2.13. The van der Waals surface area contributed by atoms with Crippen molar-refractivity contribution in [2.75, 3.05) is 0 Å². The van der Waals surface area contributed by atoms with Crippen LogP contribution in [0.15, 0.2) is 36.4 Å². The third-order valence-corrected chi connectivity index (χ3v) is 3.52. The topological polar surface area (TPSA) is 46.5 Å². The predicted molar refractivity (Wildman–Crippen MR) is 69.8 cm³/mol. The van der Waals surface area contributed by atoms with Crippen molar-refractivity contribution in [1.29, 1.82) is 0 Å². The maximum Gasteiger partial charge on any atom is 0.309 e. The van der Waals surface area contributed by atoms with Gasteiger partial charge in [0.1, 0.15) is 6.10 Å². The summed E-state index contributed by atoms with van der Waals surface area (Å²) in [5.74, 6) is -0.462. The van der Waals surface area contributed by atoms with Crippen molar-refractivity contribution < 1.29 is 14.6 Å². The molecule has 0 bridgehead atoms. The van der Waals surface area contributed by atoms with Gasteiger partial charge in [-0.15, -0.1) is 0 Å². The van der Waals surface area contributed by atoms with Gasteiger partial charge < -0.3 is 9.84 Å². The second kappa shape index (κ2) is 4.94. The van der Waals surface area contributed by atoms with E-state index in [1.165, 1.54) is 0 Å². The highest BCUT2D eigenvalue weighted by atomic mass is 16.5. The fraction of sp³-hybridized carbons (Fsp3) is 0.400. The van der Waals surface area contributed by atoms with Gasteiger partial charge in [-0.25, -0.2) is 0 Å². The molecule has 1 saturated heterocycles. The first-order valence-corrected chi connectivity index (χ1v) is 6.14. The summed E-state index contributed by atoms with van der Waals surface area (Å²) in [5.41, 5.74) is 0.0482. The molecule has 1 aliphatic rings. The monoisotopic (exact) mass is 246 g/mol. The van der Waals surface area contributed by atoms with Crippen LogP contribution in [0, 0.1) is 5.92 Å². The van der Waals surface area contributed by atoms with E-state index in [0.717, 1.165) is 5.56 Å². The molecular formula is C15H18O3. The highest BCUT2D eigenvalue weighted by molar-refractivity contribution is 5.72. The van der Waals surface area contributed by atoms with Crippen LogP contribution in [0.1, 0.15) is 25.8 Å². The summed E-state index contributed by atoms with van der Waals surface area (Å²) >= 11 is 0. The van der Waals surface area contributed by atoms with E-state index in [-0.39, 0.29) is 24.4 Å². The minimum atomic E-state index is -0.999. The molecule has 0 aliphatic carbocycles. The molecule has 1 N–H and O–H groups in total. The molecule has 96 valence electrons. The number of benzene rings is 1. The molecule has 1 fully saturated rings. The number of carbonyl (C=O) groups is 1. The summed E-state index contributed by atoms with van der Waals surface area (Å²) in [7, 11) is 0. The highest BCUT2D eigenvalue weighted by Gasteiger charge is 2.42. The van der Waals surface area contributed by atoms with Gasteiger partial charge in [0, 0.05) is 5.92 Å². The van der Waals surface area contributed by atoms with Gasteiger partial charge in [0.25, 0.3) is 0 Å². The molecule has 0 amide bonds. The van der Waals surface area contributed by atoms with Crippen molar-refractivity contribution >= 4 is 12.0 Å². The lowest BCUT2D eigenvalue weighted by atomic mass is 9.81. The smallest absolute Gasteiger partial charge is 0.309 e. The van der Waals surface area contributed by atoms with Gasteiger partial charge in [0.15, 0.2) is 0 Å². The molecule has 0 radical (unpaired) electrons. The molecule has 1 aromatic carbocycles. The molecule has 1 heterocycles. The molecule has 3 atom stereocenters. The third-order valence-electron chi connectivity index (χ3n) is 3.52. The second-order valence-corrected chi connectivity index (χ2v) is 5.05. The van der Waals surface area contributed by atoms with E-state index in [0.29, 0.717) is 0 Å². The molecule has 2 rings (SSSR count). The third kappa shape index (κ3) is 2.79. The van der Waals surface area contributed by atoms with Crippen LogP contribution in [0.5, 0.6) is 0 Å². The molecule has 3 heteroatoms. The summed E-state index contributed by atoms with van der Waals surface area (Å²) in [6.07, 6.45) is 3.44. The van der Waals surface area contributed by atoms with Crippen molar-refractivity contribution in [2.45, 2.75) is 32.0 Å². The van der Waals surface area contributed by atoms with Crippen LogP contribution in [0.2, 0.25) is 0 Å². The Morgan fingerprint density at radius 1 is 1.39 bits per heavy atom. The van der Waals surface area contributed by atoms with Gasteiger partial charge in [-0.2, -0.15) is 0 Å². The van der Waals surface area contributed by atoms with E-state index in [2.05, 4.69) is 0 Å². The standard InChI is InChI=1S/C15H18O3/c1-11-13(18-14(16)10-15(11,2)17)9-8-12-6-4-3-5-7-12/h3-9,11,13,17H,10H2,1-2H3. The fourth-order valence-electron chi connectivity index (χ4n) is 2.08. The molecule has 3 nitrogen and oxygen atoms in total. The Kier molecular flexibility index (Phi) is 3.53. The number of cyclic esters (lactones) is 1. The van der Waals surface area contributed by atoms with E-state index in [1.807, 2.05) is 49.4 Å². The number of rotatable bonds is 2. The van der Waals surface area contributed by atoms with Gasteiger partial charge in [-0.1, -0.05) is 43.3 Å². The number of hydrogen-bond donors (Lipinski definition) is 1. The van der Waals surface area contributed by atoms with Gasteiger partial charge in [-0.05, 0) is 18.6 Å². The summed E-state index contributed by atoms with van der Waals surface area (Å²) in [4.78, 5) is 11.4. The first-order chi connectivity index (χ1) is 8.49. The van der Waals surface area contributed by atoms with Gasteiger partial charge >= 0.3 is 5.97 Å². The summed E-state index contributed by atoms with van der Waals surface area (Å²) in [6, 6.07) is 9.80. The van der Waals surface area contributed by atoms with Crippen LogP contribution in [0.4, 0.5) is 0 Å². The molecule has 0 aromatic heterocycles. The normalized spacial score (nSPS) is 32.5. The van der Waals surface area contributed by atoms with E-state index in [9.17, 15) is 9.90 Å². The number of carbonyl (C=O) groups excluding carboxylic acids is 1. The Morgan fingerprint density at radius 3 is 2.72 bits per heavy atom. The Labute approximate surface area is 107 Å². The maximum atomic E-state index is 11.4.